The molecule has 0 saturated heterocycles. The quantitative estimate of drug-likeness (QED) is 0.752. The lowest BCUT2D eigenvalue weighted by molar-refractivity contribution is 0.0348. The van der Waals surface area contributed by atoms with Crippen molar-refractivity contribution in [2.24, 2.45) is 5.73 Å². The summed E-state index contributed by atoms with van der Waals surface area (Å²) in [4.78, 5) is 2.49. The summed E-state index contributed by atoms with van der Waals surface area (Å²) in [6, 6.07) is 4.16. The van der Waals surface area contributed by atoms with Crippen LogP contribution in [0.25, 0.3) is 0 Å². The number of aliphatic hydroxyl groups is 1. The molecule has 3 nitrogen and oxygen atoms in total. The highest BCUT2D eigenvalue weighted by Gasteiger charge is 2.11. The van der Waals surface area contributed by atoms with E-state index in [9.17, 15) is 0 Å². The molecule has 1 aromatic rings. The largest absolute Gasteiger partial charge is 0.394 e. The van der Waals surface area contributed by atoms with Crippen molar-refractivity contribution in [1.82, 2.24) is 0 Å². The van der Waals surface area contributed by atoms with Gasteiger partial charge in [-0.15, -0.1) is 11.3 Å². The molecule has 0 aromatic carbocycles. The van der Waals surface area contributed by atoms with Gasteiger partial charge in [-0.25, -0.2) is 0 Å². The SMILES string of the molecule is CCc1ccc(C(CN)OCCO)s1. The van der Waals surface area contributed by atoms with Crippen LogP contribution >= 0.6 is 11.3 Å². The highest BCUT2D eigenvalue weighted by atomic mass is 32.1. The summed E-state index contributed by atoms with van der Waals surface area (Å²) >= 11 is 1.73. The summed E-state index contributed by atoms with van der Waals surface area (Å²) in [6.07, 6.45) is 0.981. The van der Waals surface area contributed by atoms with Crippen molar-refractivity contribution in [3.8, 4) is 0 Å². The fourth-order valence-electron chi connectivity index (χ4n) is 1.22. The van der Waals surface area contributed by atoms with E-state index in [0.29, 0.717) is 13.2 Å². The van der Waals surface area contributed by atoms with Gasteiger partial charge in [-0.3, -0.25) is 0 Å². The molecule has 0 radical (unpaired) electrons. The minimum atomic E-state index is -0.0625. The molecule has 4 heteroatoms. The molecule has 0 fully saturated rings. The van der Waals surface area contributed by atoms with Gasteiger partial charge in [0.05, 0.1) is 13.2 Å². The Labute approximate surface area is 88.5 Å². The summed E-state index contributed by atoms with van der Waals surface area (Å²) in [5, 5.41) is 8.65. The highest BCUT2D eigenvalue weighted by Crippen LogP contribution is 2.25. The maximum Gasteiger partial charge on any atom is 0.104 e. The lowest BCUT2D eigenvalue weighted by Crippen LogP contribution is -2.16. The number of ether oxygens (including phenoxy) is 1. The second-order valence-corrected chi connectivity index (χ2v) is 4.18. The third-order valence-corrected chi connectivity index (χ3v) is 3.29. The van der Waals surface area contributed by atoms with Crippen molar-refractivity contribution < 1.29 is 9.84 Å². The summed E-state index contributed by atoms with van der Waals surface area (Å²) in [5.74, 6) is 0. The third kappa shape index (κ3) is 3.06. The van der Waals surface area contributed by atoms with E-state index in [-0.39, 0.29) is 12.7 Å². The number of aryl methyl sites for hydroxylation is 1. The number of aliphatic hydroxyl groups excluding tert-OH is 1. The van der Waals surface area contributed by atoms with Crippen LogP contribution < -0.4 is 5.73 Å². The molecule has 0 amide bonds. The zero-order valence-electron chi connectivity index (χ0n) is 8.40. The average molecular weight is 215 g/mol. The van der Waals surface area contributed by atoms with E-state index in [4.69, 9.17) is 15.6 Å². The Morgan fingerprint density at radius 3 is 2.86 bits per heavy atom. The predicted molar refractivity (Wildman–Crippen MR) is 58.5 cm³/mol. The van der Waals surface area contributed by atoms with Crippen LogP contribution in [0.3, 0.4) is 0 Å². The first-order chi connectivity index (χ1) is 6.81. The van der Waals surface area contributed by atoms with E-state index < -0.39 is 0 Å². The topological polar surface area (TPSA) is 55.5 Å². The summed E-state index contributed by atoms with van der Waals surface area (Å²) in [5.41, 5.74) is 5.60. The van der Waals surface area contributed by atoms with Crippen LogP contribution in [-0.4, -0.2) is 24.9 Å². The van der Waals surface area contributed by atoms with Crippen molar-refractivity contribution in [2.75, 3.05) is 19.8 Å². The van der Waals surface area contributed by atoms with Gasteiger partial charge >= 0.3 is 0 Å². The smallest absolute Gasteiger partial charge is 0.104 e. The zero-order valence-corrected chi connectivity index (χ0v) is 9.22. The molecular formula is C10H17NO2S. The van der Waals surface area contributed by atoms with Crippen LogP contribution in [0, 0.1) is 0 Å². The van der Waals surface area contributed by atoms with Crippen LogP contribution in [0.2, 0.25) is 0 Å². The standard InChI is InChI=1S/C10H17NO2S/c1-2-8-3-4-10(14-8)9(7-11)13-6-5-12/h3-4,9,12H,2,5-7,11H2,1H3. The lowest BCUT2D eigenvalue weighted by Gasteiger charge is -2.13. The second-order valence-electron chi connectivity index (χ2n) is 2.98. The Kier molecular flexibility index (Phi) is 5.11. The van der Waals surface area contributed by atoms with Crippen LogP contribution in [-0.2, 0) is 11.2 Å². The first-order valence-corrected chi connectivity index (χ1v) is 5.64. The molecule has 0 aliphatic carbocycles. The van der Waals surface area contributed by atoms with Gasteiger partial charge in [0.25, 0.3) is 0 Å². The molecule has 1 rings (SSSR count). The summed E-state index contributed by atoms with van der Waals surface area (Å²) < 4.78 is 5.42. The number of hydrogen-bond donors (Lipinski definition) is 2. The van der Waals surface area contributed by atoms with Crippen molar-refractivity contribution in [3.05, 3.63) is 21.9 Å². The van der Waals surface area contributed by atoms with Gasteiger partial charge in [0, 0.05) is 16.3 Å². The predicted octanol–water partition coefficient (Wildman–Crippen LogP) is 1.32. The van der Waals surface area contributed by atoms with Gasteiger partial charge in [0.1, 0.15) is 6.10 Å². The monoisotopic (exact) mass is 215 g/mol. The maximum absolute atomic E-state index is 8.65. The Bertz CT molecular complexity index is 262. The molecule has 3 N–H and O–H groups in total. The Morgan fingerprint density at radius 1 is 1.57 bits per heavy atom. The third-order valence-electron chi connectivity index (χ3n) is 1.97. The first kappa shape index (κ1) is 11.7. The van der Waals surface area contributed by atoms with Crippen LogP contribution in [0.4, 0.5) is 0 Å². The molecular weight excluding hydrogens is 198 g/mol. The molecule has 80 valence electrons. The highest BCUT2D eigenvalue weighted by molar-refractivity contribution is 7.12. The number of thiophene rings is 1. The van der Waals surface area contributed by atoms with Crippen molar-refractivity contribution in [3.63, 3.8) is 0 Å². The molecule has 0 aliphatic rings. The Hall–Kier alpha value is -0.420. The summed E-state index contributed by atoms with van der Waals surface area (Å²) in [6.45, 7) is 2.98. The van der Waals surface area contributed by atoms with Crippen LogP contribution in [0.1, 0.15) is 22.8 Å². The molecule has 0 bridgehead atoms. The zero-order chi connectivity index (χ0) is 10.4. The summed E-state index contributed by atoms with van der Waals surface area (Å²) in [7, 11) is 0. The molecule has 0 saturated carbocycles. The van der Waals surface area contributed by atoms with Gasteiger partial charge in [0.15, 0.2) is 0 Å². The van der Waals surface area contributed by atoms with E-state index in [0.717, 1.165) is 11.3 Å². The first-order valence-electron chi connectivity index (χ1n) is 4.83. The van der Waals surface area contributed by atoms with Gasteiger partial charge < -0.3 is 15.6 Å². The molecule has 14 heavy (non-hydrogen) atoms. The van der Waals surface area contributed by atoms with E-state index >= 15 is 0 Å². The minimum absolute atomic E-state index is 0.0442. The van der Waals surface area contributed by atoms with E-state index in [1.54, 1.807) is 11.3 Å². The molecule has 1 unspecified atom stereocenters. The van der Waals surface area contributed by atoms with Crippen molar-refractivity contribution >= 4 is 11.3 Å². The van der Waals surface area contributed by atoms with E-state index in [2.05, 4.69) is 19.1 Å². The molecule has 0 spiro atoms. The van der Waals surface area contributed by atoms with Gasteiger partial charge in [-0.1, -0.05) is 6.92 Å². The fraction of sp³-hybridized carbons (Fsp3) is 0.600. The number of nitrogens with two attached hydrogens (primary N) is 1. The van der Waals surface area contributed by atoms with E-state index in [1.807, 2.05) is 0 Å². The molecule has 1 atom stereocenters. The number of hydrogen-bond acceptors (Lipinski definition) is 4. The van der Waals surface area contributed by atoms with Crippen molar-refractivity contribution in [1.29, 1.82) is 0 Å². The lowest BCUT2D eigenvalue weighted by atomic mass is 10.3. The molecule has 1 aromatic heterocycles. The second kappa shape index (κ2) is 6.14. The Morgan fingerprint density at radius 2 is 2.36 bits per heavy atom. The Balaban J connectivity index is 2.58. The maximum atomic E-state index is 8.65. The van der Waals surface area contributed by atoms with E-state index in [1.165, 1.54) is 4.88 Å². The van der Waals surface area contributed by atoms with Gasteiger partial charge in [-0.05, 0) is 18.6 Å². The average Bonchev–Trinajstić information content (AvgIpc) is 2.68. The van der Waals surface area contributed by atoms with Crippen LogP contribution in [0.15, 0.2) is 12.1 Å². The van der Waals surface area contributed by atoms with Gasteiger partial charge in [0.2, 0.25) is 0 Å². The fourth-order valence-corrected chi connectivity index (χ4v) is 2.23. The molecule has 1 heterocycles. The normalized spacial score (nSPS) is 13.1. The van der Waals surface area contributed by atoms with Crippen LogP contribution in [0.5, 0.6) is 0 Å². The van der Waals surface area contributed by atoms with Gasteiger partial charge in [-0.2, -0.15) is 0 Å². The molecule has 0 aliphatic heterocycles. The number of rotatable bonds is 6. The minimum Gasteiger partial charge on any atom is -0.394 e. The van der Waals surface area contributed by atoms with Crippen molar-refractivity contribution in [2.45, 2.75) is 19.4 Å².